The summed E-state index contributed by atoms with van der Waals surface area (Å²) in [6, 6.07) is 24.4. The van der Waals surface area contributed by atoms with E-state index in [9.17, 15) is 19.8 Å². The Morgan fingerprint density at radius 2 is 1.09 bits per heavy atom. The lowest BCUT2D eigenvalue weighted by molar-refractivity contribution is -0.153. The summed E-state index contributed by atoms with van der Waals surface area (Å²) in [4.78, 5) is 27.9. The summed E-state index contributed by atoms with van der Waals surface area (Å²) in [5.74, 6) is -4.24. The predicted octanol–water partition coefficient (Wildman–Crippen LogP) is 3.31. The molecule has 7 heteroatoms. The van der Waals surface area contributed by atoms with Gasteiger partial charge in [0.05, 0.1) is 18.4 Å². The van der Waals surface area contributed by atoms with Gasteiger partial charge in [0.1, 0.15) is 0 Å². The Kier molecular flexibility index (Phi) is 7.81. The van der Waals surface area contributed by atoms with E-state index in [-0.39, 0.29) is 18.8 Å². The molecule has 3 aromatic carbocycles. The third kappa shape index (κ3) is 6.67. The Morgan fingerprint density at radius 3 is 1.52 bits per heavy atom. The number of nitrogens with two attached hydrogens (primary N) is 2. The number of rotatable bonds is 10. The van der Waals surface area contributed by atoms with Gasteiger partial charge in [0.2, 0.25) is 0 Å². The van der Waals surface area contributed by atoms with E-state index in [2.05, 4.69) is 4.99 Å². The van der Waals surface area contributed by atoms with Crippen LogP contribution in [0.4, 0.5) is 0 Å². The molecular formula is C26H27N3O4. The molecule has 0 heterocycles. The molecule has 0 unspecified atom stereocenters. The van der Waals surface area contributed by atoms with Crippen LogP contribution in [0.5, 0.6) is 0 Å². The molecule has 0 aromatic heterocycles. The number of benzene rings is 3. The number of hydrogen-bond donors (Lipinski definition) is 4. The minimum atomic E-state index is -1.11. The summed E-state index contributed by atoms with van der Waals surface area (Å²) in [6.07, 6.45) is 0.300. The number of carbonyl (C=O) groups is 2. The highest BCUT2D eigenvalue weighted by Crippen LogP contribution is 2.26. The molecule has 0 aliphatic carbocycles. The lowest BCUT2D eigenvalue weighted by Gasteiger charge is -2.21. The Morgan fingerprint density at radius 1 is 0.667 bits per heavy atom. The summed E-state index contributed by atoms with van der Waals surface area (Å²) in [7, 11) is 0. The minimum Gasteiger partial charge on any atom is -0.481 e. The number of carboxylic acid groups (broad SMARTS) is 2. The van der Waals surface area contributed by atoms with Crippen LogP contribution in [-0.2, 0) is 29.0 Å². The van der Waals surface area contributed by atoms with Crippen molar-refractivity contribution in [2.24, 2.45) is 28.3 Å². The van der Waals surface area contributed by atoms with Crippen molar-refractivity contribution in [3.05, 3.63) is 95.6 Å². The van der Waals surface area contributed by atoms with Gasteiger partial charge in [-0.15, -0.1) is 0 Å². The van der Waals surface area contributed by atoms with Crippen LogP contribution in [0.1, 0.15) is 16.7 Å². The van der Waals surface area contributed by atoms with E-state index in [0.29, 0.717) is 6.54 Å². The van der Waals surface area contributed by atoms with Gasteiger partial charge in [0.15, 0.2) is 5.96 Å². The topological polar surface area (TPSA) is 139 Å². The van der Waals surface area contributed by atoms with Crippen LogP contribution in [0.2, 0.25) is 0 Å². The van der Waals surface area contributed by atoms with Crippen molar-refractivity contribution in [1.82, 2.24) is 0 Å². The number of aliphatic carboxylic acids is 2. The van der Waals surface area contributed by atoms with E-state index in [1.165, 1.54) is 0 Å². The molecule has 3 aromatic rings. The van der Waals surface area contributed by atoms with Gasteiger partial charge in [-0.2, -0.15) is 0 Å². The molecule has 0 radical (unpaired) electrons. The first-order valence-electron chi connectivity index (χ1n) is 10.6. The first-order chi connectivity index (χ1) is 15.8. The average molecular weight is 446 g/mol. The fourth-order valence-corrected chi connectivity index (χ4v) is 3.74. The van der Waals surface area contributed by atoms with E-state index in [1.54, 1.807) is 0 Å². The molecule has 0 spiro atoms. The van der Waals surface area contributed by atoms with Crippen LogP contribution in [0.15, 0.2) is 83.9 Å². The minimum absolute atomic E-state index is 0.0447. The molecule has 0 saturated heterocycles. The lowest BCUT2D eigenvalue weighted by atomic mass is 9.82. The Bertz CT molecular complexity index is 1110. The molecular weight excluding hydrogens is 418 g/mol. The van der Waals surface area contributed by atoms with Crippen molar-refractivity contribution in [2.45, 2.75) is 19.4 Å². The standard InChI is InChI=1S/C26H27N3O4/c27-26(28)29-16-19-8-12-21(13-9-19)20-10-6-18(7-11-20)15-23(25(32)33)22(24(30)31)14-17-4-2-1-3-5-17/h1-13,22-23H,14-16H2,(H,30,31)(H,32,33)(H4,27,28,29)/t22-,23-/m0/s1. The molecule has 3 rings (SSSR count). The first kappa shape index (κ1) is 23.5. The van der Waals surface area contributed by atoms with Crippen LogP contribution < -0.4 is 11.5 Å². The summed E-state index contributed by atoms with van der Waals surface area (Å²) < 4.78 is 0. The number of nitrogens with zero attached hydrogens (tertiary/aromatic N) is 1. The summed E-state index contributed by atoms with van der Waals surface area (Å²) in [5, 5.41) is 19.5. The van der Waals surface area contributed by atoms with Gasteiger partial charge in [-0.05, 0) is 40.7 Å². The molecule has 7 nitrogen and oxygen atoms in total. The summed E-state index contributed by atoms with van der Waals surface area (Å²) in [6.45, 7) is 0.409. The number of hydrogen-bond acceptors (Lipinski definition) is 3. The zero-order valence-electron chi connectivity index (χ0n) is 18.1. The summed E-state index contributed by atoms with van der Waals surface area (Å²) >= 11 is 0. The van der Waals surface area contributed by atoms with Crippen molar-refractivity contribution in [1.29, 1.82) is 0 Å². The van der Waals surface area contributed by atoms with Crippen LogP contribution in [0.3, 0.4) is 0 Å². The second-order valence-corrected chi connectivity index (χ2v) is 7.92. The Hall–Kier alpha value is -4.13. The maximum absolute atomic E-state index is 12.0. The van der Waals surface area contributed by atoms with E-state index in [4.69, 9.17) is 11.5 Å². The van der Waals surface area contributed by atoms with Crippen molar-refractivity contribution in [3.63, 3.8) is 0 Å². The number of guanidine groups is 1. The van der Waals surface area contributed by atoms with Gasteiger partial charge in [-0.1, -0.05) is 78.9 Å². The highest BCUT2D eigenvalue weighted by atomic mass is 16.4. The molecule has 33 heavy (non-hydrogen) atoms. The van der Waals surface area contributed by atoms with Gasteiger partial charge in [0.25, 0.3) is 0 Å². The second kappa shape index (κ2) is 10.9. The largest absolute Gasteiger partial charge is 0.481 e. The highest BCUT2D eigenvalue weighted by molar-refractivity contribution is 5.80. The van der Waals surface area contributed by atoms with Gasteiger partial charge in [-0.3, -0.25) is 9.59 Å². The van der Waals surface area contributed by atoms with Crippen LogP contribution in [0, 0.1) is 11.8 Å². The van der Waals surface area contributed by atoms with E-state index in [0.717, 1.165) is 27.8 Å². The van der Waals surface area contributed by atoms with Crippen molar-refractivity contribution in [2.75, 3.05) is 0 Å². The normalized spacial score (nSPS) is 12.5. The van der Waals surface area contributed by atoms with Crippen LogP contribution in [0.25, 0.3) is 11.1 Å². The third-order valence-corrected chi connectivity index (χ3v) is 5.56. The van der Waals surface area contributed by atoms with Crippen LogP contribution in [-0.4, -0.2) is 28.1 Å². The first-order valence-corrected chi connectivity index (χ1v) is 10.6. The fourth-order valence-electron chi connectivity index (χ4n) is 3.74. The highest BCUT2D eigenvalue weighted by Gasteiger charge is 2.34. The maximum atomic E-state index is 12.0. The van der Waals surface area contributed by atoms with E-state index in [1.807, 2.05) is 78.9 Å². The monoisotopic (exact) mass is 445 g/mol. The molecule has 0 aliphatic rings. The average Bonchev–Trinajstić information content (AvgIpc) is 2.81. The summed E-state index contributed by atoms with van der Waals surface area (Å²) in [5.41, 5.74) is 15.2. The molecule has 0 bridgehead atoms. The number of aliphatic imine (C=N–C) groups is 1. The molecule has 170 valence electrons. The van der Waals surface area contributed by atoms with Crippen molar-refractivity contribution < 1.29 is 19.8 Å². The van der Waals surface area contributed by atoms with Crippen molar-refractivity contribution >= 4 is 17.9 Å². The molecule has 0 fully saturated rings. The molecule has 0 amide bonds. The third-order valence-electron chi connectivity index (χ3n) is 5.56. The van der Waals surface area contributed by atoms with E-state index >= 15 is 0 Å². The molecule has 0 aliphatic heterocycles. The van der Waals surface area contributed by atoms with Gasteiger partial charge in [-0.25, -0.2) is 4.99 Å². The lowest BCUT2D eigenvalue weighted by Crippen LogP contribution is -2.33. The van der Waals surface area contributed by atoms with Gasteiger partial charge in [0, 0.05) is 0 Å². The molecule has 0 saturated carbocycles. The quantitative estimate of drug-likeness (QED) is 0.279. The van der Waals surface area contributed by atoms with Crippen LogP contribution >= 0.6 is 0 Å². The van der Waals surface area contributed by atoms with Gasteiger partial charge < -0.3 is 21.7 Å². The smallest absolute Gasteiger partial charge is 0.307 e. The Balaban J connectivity index is 1.73. The zero-order valence-corrected chi connectivity index (χ0v) is 18.1. The Labute approximate surface area is 192 Å². The predicted molar refractivity (Wildman–Crippen MR) is 127 cm³/mol. The zero-order chi connectivity index (χ0) is 23.8. The second-order valence-electron chi connectivity index (χ2n) is 7.92. The molecule has 6 N–H and O–H groups in total. The maximum Gasteiger partial charge on any atom is 0.307 e. The van der Waals surface area contributed by atoms with Crippen molar-refractivity contribution in [3.8, 4) is 11.1 Å². The van der Waals surface area contributed by atoms with E-state index < -0.39 is 23.8 Å². The fraction of sp³-hybridized carbons (Fsp3) is 0.192. The van der Waals surface area contributed by atoms with Gasteiger partial charge >= 0.3 is 11.9 Å². The SMILES string of the molecule is NC(N)=NCc1ccc(-c2ccc(C[C@H](C(=O)O)[C@H](Cc3ccccc3)C(=O)O)cc2)cc1. The molecule has 2 atom stereocenters. The number of carboxylic acids is 2.